The largest absolute Gasteiger partial charge is 0.369 e. The second-order valence-corrected chi connectivity index (χ2v) is 5.12. The predicted octanol–water partition coefficient (Wildman–Crippen LogP) is 2.93. The first-order chi connectivity index (χ1) is 8.24. The van der Waals surface area contributed by atoms with Gasteiger partial charge in [-0.15, -0.1) is 0 Å². The minimum Gasteiger partial charge on any atom is -0.369 e. The maximum atomic E-state index is 5.13. The Balaban J connectivity index is 2.24. The molecule has 0 radical (unpaired) electrons. The number of nitrogens with one attached hydrogen (secondary N) is 2. The van der Waals surface area contributed by atoms with Crippen molar-refractivity contribution >= 4 is 34.0 Å². The van der Waals surface area contributed by atoms with E-state index in [0.717, 1.165) is 34.5 Å². The van der Waals surface area contributed by atoms with Gasteiger partial charge in [0.25, 0.3) is 0 Å². The molecule has 2 N–H and O–H groups in total. The molecule has 4 nitrogen and oxygen atoms in total. The van der Waals surface area contributed by atoms with E-state index in [2.05, 4.69) is 36.2 Å². The fourth-order valence-corrected chi connectivity index (χ4v) is 2.55. The van der Waals surface area contributed by atoms with Gasteiger partial charge in [0.05, 0.1) is 5.69 Å². The molecule has 3 heterocycles. The zero-order chi connectivity index (χ0) is 11.8. The van der Waals surface area contributed by atoms with Crippen molar-refractivity contribution in [1.82, 2.24) is 15.0 Å². The topological polar surface area (TPSA) is 53.6 Å². The summed E-state index contributed by atoms with van der Waals surface area (Å²) >= 11 is 8.56. The third-order valence-corrected chi connectivity index (χ3v) is 3.32. The Morgan fingerprint density at radius 2 is 2.24 bits per heavy atom. The van der Waals surface area contributed by atoms with Crippen molar-refractivity contribution in [3.8, 4) is 11.3 Å². The molecule has 0 fully saturated rings. The Bertz CT molecular complexity index is 638. The van der Waals surface area contributed by atoms with E-state index in [-0.39, 0.29) is 0 Å². The number of H-pyrrole nitrogens is 1. The Kier molecular flexibility index (Phi) is 2.68. The van der Waals surface area contributed by atoms with Crippen LogP contribution in [0.15, 0.2) is 22.9 Å². The molecule has 6 heteroatoms. The van der Waals surface area contributed by atoms with Crippen LogP contribution in [0.1, 0.15) is 5.56 Å². The maximum Gasteiger partial charge on any atom is 0.199 e. The van der Waals surface area contributed by atoms with E-state index >= 15 is 0 Å². The molecule has 2 aromatic heterocycles. The van der Waals surface area contributed by atoms with Gasteiger partial charge in [0.2, 0.25) is 0 Å². The highest BCUT2D eigenvalue weighted by atomic mass is 79.9. The third kappa shape index (κ3) is 1.98. The molecule has 0 bridgehead atoms. The SMILES string of the molecule is S=c1nc2c(c(-c3cncc(Br)c3)[nH]1)CCN2. The number of aromatic nitrogens is 3. The van der Waals surface area contributed by atoms with E-state index in [1.807, 2.05) is 12.3 Å². The van der Waals surface area contributed by atoms with Gasteiger partial charge in [-0.05, 0) is 40.6 Å². The summed E-state index contributed by atoms with van der Waals surface area (Å²) in [5.74, 6) is 0.892. The Morgan fingerprint density at radius 3 is 3.06 bits per heavy atom. The van der Waals surface area contributed by atoms with Crippen LogP contribution in [-0.2, 0) is 6.42 Å². The van der Waals surface area contributed by atoms with Crippen molar-refractivity contribution in [2.24, 2.45) is 0 Å². The molecule has 86 valence electrons. The lowest BCUT2D eigenvalue weighted by molar-refractivity contribution is 1.08. The number of hydrogen-bond donors (Lipinski definition) is 2. The molecule has 17 heavy (non-hydrogen) atoms. The summed E-state index contributed by atoms with van der Waals surface area (Å²) in [5, 5.41) is 3.24. The lowest BCUT2D eigenvalue weighted by Gasteiger charge is -2.07. The van der Waals surface area contributed by atoms with Crippen LogP contribution in [0.25, 0.3) is 11.3 Å². The number of rotatable bonds is 1. The van der Waals surface area contributed by atoms with Crippen LogP contribution < -0.4 is 5.32 Å². The second-order valence-electron chi connectivity index (χ2n) is 3.81. The van der Waals surface area contributed by atoms with Crippen LogP contribution in [0.4, 0.5) is 5.82 Å². The highest BCUT2D eigenvalue weighted by molar-refractivity contribution is 9.10. The van der Waals surface area contributed by atoms with Gasteiger partial charge < -0.3 is 10.3 Å². The van der Waals surface area contributed by atoms with E-state index in [9.17, 15) is 0 Å². The van der Waals surface area contributed by atoms with Gasteiger partial charge in [-0.1, -0.05) is 0 Å². The number of anilines is 1. The fourth-order valence-electron chi connectivity index (χ4n) is 1.99. The molecule has 1 aliphatic rings. The standard InChI is InChI=1S/C11H9BrN4S/c12-7-3-6(4-13-5-7)9-8-1-2-14-10(8)16-11(17)15-9/h3-5H,1-2H2,(H2,14,15,16,17). The normalized spacial score (nSPS) is 13.2. The zero-order valence-corrected chi connectivity index (χ0v) is 11.2. The fraction of sp³-hybridized carbons (Fsp3) is 0.182. The summed E-state index contributed by atoms with van der Waals surface area (Å²) in [5.41, 5.74) is 3.21. The molecule has 0 saturated heterocycles. The van der Waals surface area contributed by atoms with Crippen LogP contribution in [0.2, 0.25) is 0 Å². The van der Waals surface area contributed by atoms with Crippen molar-refractivity contribution in [2.75, 3.05) is 11.9 Å². The molecule has 1 aliphatic heterocycles. The van der Waals surface area contributed by atoms with E-state index in [1.165, 1.54) is 5.56 Å². The molecule has 0 saturated carbocycles. The number of fused-ring (bicyclic) bond motifs is 1. The molecule has 0 atom stereocenters. The Hall–Kier alpha value is -1.27. The summed E-state index contributed by atoms with van der Waals surface area (Å²) in [4.78, 5) is 11.6. The van der Waals surface area contributed by atoms with Crippen LogP contribution in [0.3, 0.4) is 0 Å². The predicted molar refractivity (Wildman–Crippen MR) is 72.5 cm³/mol. The smallest absolute Gasteiger partial charge is 0.199 e. The van der Waals surface area contributed by atoms with Crippen LogP contribution in [0.5, 0.6) is 0 Å². The molecular weight excluding hydrogens is 300 g/mol. The second kappa shape index (κ2) is 4.19. The van der Waals surface area contributed by atoms with Crippen molar-refractivity contribution in [3.05, 3.63) is 33.3 Å². The zero-order valence-electron chi connectivity index (χ0n) is 8.83. The van der Waals surface area contributed by atoms with Gasteiger partial charge in [0.1, 0.15) is 5.82 Å². The van der Waals surface area contributed by atoms with Gasteiger partial charge in [0.15, 0.2) is 4.77 Å². The monoisotopic (exact) mass is 308 g/mol. The molecule has 0 unspecified atom stereocenters. The summed E-state index contributed by atoms with van der Waals surface area (Å²) in [7, 11) is 0. The first kappa shape index (κ1) is 10.9. The number of halogens is 1. The first-order valence-electron chi connectivity index (χ1n) is 5.22. The van der Waals surface area contributed by atoms with E-state index in [4.69, 9.17) is 12.2 Å². The summed E-state index contributed by atoms with van der Waals surface area (Å²) < 4.78 is 1.44. The molecule has 0 aliphatic carbocycles. The van der Waals surface area contributed by atoms with E-state index in [1.54, 1.807) is 6.20 Å². The molecule has 0 amide bonds. The van der Waals surface area contributed by atoms with Crippen molar-refractivity contribution < 1.29 is 0 Å². The van der Waals surface area contributed by atoms with Gasteiger partial charge >= 0.3 is 0 Å². The van der Waals surface area contributed by atoms with Gasteiger partial charge in [-0.2, -0.15) is 0 Å². The van der Waals surface area contributed by atoms with Crippen LogP contribution in [-0.4, -0.2) is 21.5 Å². The lowest BCUT2D eigenvalue weighted by atomic mass is 10.1. The van der Waals surface area contributed by atoms with Crippen LogP contribution in [0, 0.1) is 4.77 Å². The first-order valence-corrected chi connectivity index (χ1v) is 6.42. The average molecular weight is 309 g/mol. The molecule has 0 spiro atoms. The maximum absolute atomic E-state index is 5.13. The Labute approximate surface area is 112 Å². The molecule has 3 rings (SSSR count). The summed E-state index contributed by atoms with van der Waals surface area (Å²) in [6.07, 6.45) is 4.54. The van der Waals surface area contributed by atoms with Crippen molar-refractivity contribution in [3.63, 3.8) is 0 Å². The van der Waals surface area contributed by atoms with Crippen molar-refractivity contribution in [1.29, 1.82) is 0 Å². The van der Waals surface area contributed by atoms with E-state index in [0.29, 0.717) is 4.77 Å². The number of nitrogens with zero attached hydrogens (tertiary/aromatic N) is 2. The van der Waals surface area contributed by atoms with Gasteiger partial charge in [-0.3, -0.25) is 4.98 Å². The summed E-state index contributed by atoms with van der Waals surface area (Å²) in [6.45, 7) is 0.906. The molecular formula is C11H9BrN4S. The lowest BCUT2D eigenvalue weighted by Crippen LogP contribution is -1.96. The highest BCUT2D eigenvalue weighted by Gasteiger charge is 2.17. The van der Waals surface area contributed by atoms with Crippen LogP contribution >= 0.6 is 28.1 Å². The number of pyridine rings is 1. The van der Waals surface area contributed by atoms with E-state index < -0.39 is 0 Å². The quantitative estimate of drug-likeness (QED) is 0.795. The minimum absolute atomic E-state index is 0.494. The molecule has 0 aromatic carbocycles. The molecule has 2 aromatic rings. The van der Waals surface area contributed by atoms with Gasteiger partial charge in [0, 0.05) is 34.5 Å². The summed E-state index contributed by atoms with van der Waals surface area (Å²) in [6, 6.07) is 2.02. The Morgan fingerprint density at radius 1 is 1.35 bits per heavy atom. The van der Waals surface area contributed by atoms with Crippen molar-refractivity contribution in [2.45, 2.75) is 6.42 Å². The average Bonchev–Trinajstić information content (AvgIpc) is 2.75. The van der Waals surface area contributed by atoms with Gasteiger partial charge in [-0.25, -0.2) is 4.98 Å². The third-order valence-electron chi connectivity index (χ3n) is 2.69. The highest BCUT2D eigenvalue weighted by Crippen LogP contribution is 2.30. The number of hydrogen-bond acceptors (Lipinski definition) is 4. The number of aromatic amines is 1. The minimum atomic E-state index is 0.494.